The Morgan fingerprint density at radius 2 is 1.81 bits per heavy atom. The molecule has 0 fully saturated rings. The second-order valence-electron chi connectivity index (χ2n) is 6.28. The van der Waals surface area contributed by atoms with Crippen LogP contribution in [0.15, 0.2) is 64.7 Å². The molecule has 1 atom stereocenters. The number of aliphatic hydroxyl groups is 1. The second kappa shape index (κ2) is 7.57. The molecule has 134 valence electrons. The molecule has 0 spiro atoms. The van der Waals surface area contributed by atoms with Gasteiger partial charge in [0.25, 0.3) is 0 Å². The molecule has 1 unspecified atom stereocenters. The molecule has 0 aliphatic carbocycles. The number of nitrogens with zero attached hydrogens (tertiary/aromatic N) is 4. The minimum absolute atomic E-state index is 0.232. The zero-order valence-electron chi connectivity index (χ0n) is 14.8. The molecule has 2 aromatic rings. The Kier molecular flexibility index (Phi) is 5.22. The molecule has 2 aromatic carbocycles. The molecule has 7 heteroatoms. The third-order valence-electron chi connectivity index (χ3n) is 3.87. The lowest BCUT2D eigenvalue weighted by molar-refractivity contribution is 0.186. The summed E-state index contributed by atoms with van der Waals surface area (Å²) in [6.07, 6.45) is -1.01. The van der Waals surface area contributed by atoms with Crippen LogP contribution in [0.3, 0.4) is 0 Å². The smallest absolute Gasteiger partial charge is 0.174 e. The molecular formula is C19H22N6O. The number of anilines is 1. The molecule has 26 heavy (non-hydrogen) atoms. The van der Waals surface area contributed by atoms with E-state index < -0.39 is 6.23 Å². The molecule has 1 heterocycles. The number of nitrogens with one attached hydrogen (secondary N) is 1. The lowest BCUT2D eigenvalue weighted by Gasteiger charge is -2.13. The topological polar surface area (TPSA) is 101 Å². The zero-order valence-corrected chi connectivity index (χ0v) is 14.8. The summed E-state index contributed by atoms with van der Waals surface area (Å²) in [4.78, 5) is 6.61. The quantitative estimate of drug-likeness (QED) is 0.719. The van der Waals surface area contributed by atoms with E-state index >= 15 is 0 Å². The standard InChI is InChI=1S/C19H22N6O/c1-24(2)12-16-17(22-14-10-8-13(9-11-14)19(21)26)18(20)25(23-16)15-6-4-3-5-7-15/h3-11,19-20,26H,12,21H2,1-2H3. The number of benzene rings is 2. The predicted octanol–water partition coefficient (Wildman–Crippen LogP) is 2.12. The molecule has 7 nitrogen and oxygen atoms in total. The Hall–Kier alpha value is -2.87. The van der Waals surface area contributed by atoms with Gasteiger partial charge >= 0.3 is 0 Å². The number of aliphatic hydroxyl groups excluding tert-OH is 1. The van der Waals surface area contributed by atoms with E-state index in [2.05, 4.69) is 10.1 Å². The lowest BCUT2D eigenvalue weighted by Crippen LogP contribution is -2.31. The average molecular weight is 350 g/mol. The fraction of sp³-hybridized carbons (Fsp3) is 0.211. The summed E-state index contributed by atoms with van der Waals surface area (Å²) in [5.74, 6) is 0.232. The maximum absolute atomic E-state index is 9.42. The van der Waals surface area contributed by atoms with Crippen LogP contribution in [0, 0.1) is 5.41 Å². The van der Waals surface area contributed by atoms with Crippen LogP contribution in [0.25, 0.3) is 0 Å². The van der Waals surface area contributed by atoms with Crippen molar-refractivity contribution < 1.29 is 5.11 Å². The van der Waals surface area contributed by atoms with Gasteiger partial charge in [0.15, 0.2) is 5.84 Å². The van der Waals surface area contributed by atoms with Crippen LogP contribution < -0.4 is 10.7 Å². The highest BCUT2D eigenvalue weighted by atomic mass is 16.3. The first-order valence-electron chi connectivity index (χ1n) is 8.24. The fourth-order valence-electron chi connectivity index (χ4n) is 2.61. The van der Waals surface area contributed by atoms with Gasteiger partial charge in [-0.25, -0.2) is 10.0 Å². The van der Waals surface area contributed by atoms with Crippen LogP contribution in [0.2, 0.25) is 0 Å². The number of nitrogens with two attached hydrogens (primary N) is 1. The van der Waals surface area contributed by atoms with Crippen LogP contribution in [-0.2, 0) is 0 Å². The summed E-state index contributed by atoms with van der Waals surface area (Å²) in [7, 11) is 3.90. The van der Waals surface area contributed by atoms with Gasteiger partial charge in [-0.3, -0.25) is 5.41 Å². The van der Waals surface area contributed by atoms with Crippen LogP contribution in [0.5, 0.6) is 0 Å². The van der Waals surface area contributed by atoms with Crippen molar-refractivity contribution in [2.45, 2.75) is 6.23 Å². The van der Waals surface area contributed by atoms with Gasteiger partial charge in [-0.05, 0) is 43.9 Å². The largest absolute Gasteiger partial charge is 0.375 e. The van der Waals surface area contributed by atoms with E-state index in [4.69, 9.17) is 11.1 Å². The number of amidine groups is 1. The Balaban J connectivity index is 1.96. The van der Waals surface area contributed by atoms with Gasteiger partial charge in [-0.1, -0.05) is 30.3 Å². The van der Waals surface area contributed by atoms with Crippen molar-refractivity contribution in [3.8, 4) is 0 Å². The van der Waals surface area contributed by atoms with E-state index in [1.165, 1.54) is 0 Å². The highest BCUT2D eigenvalue weighted by Gasteiger charge is 2.29. The Bertz CT molecular complexity index is 840. The van der Waals surface area contributed by atoms with Crippen molar-refractivity contribution in [2.24, 2.45) is 15.8 Å². The number of rotatable bonds is 5. The third-order valence-corrected chi connectivity index (χ3v) is 3.87. The maximum Gasteiger partial charge on any atom is 0.174 e. The van der Waals surface area contributed by atoms with Gasteiger partial charge in [0.1, 0.15) is 17.7 Å². The van der Waals surface area contributed by atoms with Gasteiger partial charge in [-0.15, -0.1) is 0 Å². The zero-order chi connectivity index (χ0) is 18.7. The normalized spacial score (nSPS) is 17.1. The predicted molar refractivity (Wildman–Crippen MR) is 105 cm³/mol. The Morgan fingerprint density at radius 1 is 1.15 bits per heavy atom. The highest BCUT2D eigenvalue weighted by molar-refractivity contribution is 6.73. The van der Waals surface area contributed by atoms with Gasteiger partial charge in [0, 0.05) is 6.54 Å². The van der Waals surface area contributed by atoms with Crippen molar-refractivity contribution in [1.29, 1.82) is 5.41 Å². The van der Waals surface area contributed by atoms with Crippen molar-refractivity contribution in [3.05, 3.63) is 60.2 Å². The summed E-state index contributed by atoms with van der Waals surface area (Å²) in [6.45, 7) is 0.574. The number of hydrogen-bond donors (Lipinski definition) is 3. The third kappa shape index (κ3) is 3.85. The molecular weight excluding hydrogens is 328 g/mol. The van der Waals surface area contributed by atoms with E-state index in [1.807, 2.05) is 49.3 Å². The monoisotopic (exact) mass is 350 g/mol. The first-order valence-corrected chi connectivity index (χ1v) is 8.24. The van der Waals surface area contributed by atoms with Crippen molar-refractivity contribution in [2.75, 3.05) is 25.6 Å². The van der Waals surface area contributed by atoms with Crippen LogP contribution in [0.1, 0.15) is 11.8 Å². The first-order chi connectivity index (χ1) is 12.5. The summed E-state index contributed by atoms with van der Waals surface area (Å²) in [6, 6.07) is 16.5. The van der Waals surface area contributed by atoms with Crippen LogP contribution >= 0.6 is 0 Å². The maximum atomic E-state index is 9.42. The van der Waals surface area contributed by atoms with E-state index in [0.717, 1.165) is 11.4 Å². The Labute approximate surface area is 152 Å². The minimum atomic E-state index is -1.01. The molecule has 0 aromatic heterocycles. The molecule has 0 saturated heterocycles. The van der Waals surface area contributed by atoms with Crippen LogP contribution in [0.4, 0.5) is 11.4 Å². The van der Waals surface area contributed by atoms with Gasteiger partial charge < -0.3 is 15.7 Å². The van der Waals surface area contributed by atoms with Crippen LogP contribution in [-0.4, -0.2) is 47.9 Å². The molecule has 1 aliphatic heterocycles. The molecule has 0 radical (unpaired) electrons. The number of hydrogen-bond acceptors (Lipinski definition) is 6. The van der Waals surface area contributed by atoms with E-state index in [1.54, 1.807) is 29.3 Å². The van der Waals surface area contributed by atoms with Gasteiger partial charge in [0.2, 0.25) is 0 Å². The number of aliphatic imine (C=N–C) groups is 1. The molecule has 0 amide bonds. The second-order valence-corrected chi connectivity index (χ2v) is 6.28. The molecule has 0 bridgehead atoms. The SMILES string of the molecule is CN(C)CC1=NN(c2ccccc2)C(=N)C1=Nc1ccc(C(N)O)cc1. The van der Waals surface area contributed by atoms with Crippen molar-refractivity contribution in [1.82, 2.24) is 4.90 Å². The number of para-hydroxylation sites is 1. The average Bonchev–Trinajstić information content (AvgIpc) is 2.92. The fourth-order valence-corrected chi connectivity index (χ4v) is 2.61. The lowest BCUT2D eigenvalue weighted by atomic mass is 10.1. The van der Waals surface area contributed by atoms with Crippen molar-refractivity contribution >= 4 is 28.6 Å². The summed E-state index contributed by atoms with van der Waals surface area (Å²) in [5.41, 5.74) is 8.83. The van der Waals surface area contributed by atoms with E-state index in [0.29, 0.717) is 23.5 Å². The molecule has 1 aliphatic rings. The van der Waals surface area contributed by atoms with Gasteiger partial charge in [-0.2, -0.15) is 5.10 Å². The molecule has 3 rings (SSSR count). The molecule has 0 saturated carbocycles. The highest BCUT2D eigenvalue weighted by Crippen LogP contribution is 2.22. The number of hydrazone groups is 1. The summed E-state index contributed by atoms with van der Waals surface area (Å²) in [5, 5.41) is 24.1. The Morgan fingerprint density at radius 3 is 2.38 bits per heavy atom. The van der Waals surface area contributed by atoms with Gasteiger partial charge in [0.05, 0.1) is 11.4 Å². The van der Waals surface area contributed by atoms with E-state index in [9.17, 15) is 5.11 Å². The minimum Gasteiger partial charge on any atom is -0.375 e. The summed E-state index contributed by atoms with van der Waals surface area (Å²) < 4.78 is 0. The van der Waals surface area contributed by atoms with E-state index in [-0.39, 0.29) is 5.84 Å². The van der Waals surface area contributed by atoms with Crippen molar-refractivity contribution in [3.63, 3.8) is 0 Å². The first kappa shape index (κ1) is 17.9. The summed E-state index contributed by atoms with van der Waals surface area (Å²) >= 11 is 0. The molecule has 4 N–H and O–H groups in total.